The fraction of sp³-hybridized carbons (Fsp3) is 0.185. The second-order valence-electron chi connectivity index (χ2n) is 8.93. The van der Waals surface area contributed by atoms with Crippen LogP contribution in [0.2, 0.25) is 0 Å². The van der Waals surface area contributed by atoms with Gasteiger partial charge in [0.2, 0.25) is 0 Å². The monoisotopic (exact) mass is 473 g/mol. The lowest BCUT2D eigenvalue weighted by Crippen LogP contribution is -2.23. The minimum absolute atomic E-state index is 0.0580. The molecular weight excluding hydrogens is 450 g/mol. The van der Waals surface area contributed by atoms with Gasteiger partial charge in [0.25, 0.3) is 5.69 Å². The number of carbonyl (C=O) groups is 1. The average Bonchev–Trinajstić information content (AvgIpc) is 2.82. The van der Waals surface area contributed by atoms with Crippen LogP contribution in [0.3, 0.4) is 0 Å². The number of hydrogen-bond donors (Lipinski definition) is 0. The third-order valence-electron chi connectivity index (χ3n) is 5.10. The Kier molecular flexibility index (Phi) is 6.38. The molecule has 0 saturated heterocycles. The van der Waals surface area contributed by atoms with Gasteiger partial charge in [0.05, 0.1) is 21.4 Å². The van der Waals surface area contributed by atoms with E-state index < -0.39 is 16.5 Å². The van der Waals surface area contributed by atoms with Gasteiger partial charge >= 0.3 is 5.97 Å². The van der Waals surface area contributed by atoms with E-state index in [9.17, 15) is 19.7 Å². The molecule has 0 aliphatic carbocycles. The predicted octanol–water partition coefficient (Wildman–Crippen LogP) is 5.90. The van der Waals surface area contributed by atoms with Crippen molar-refractivity contribution in [3.05, 3.63) is 104 Å². The van der Waals surface area contributed by atoms with E-state index in [2.05, 4.69) is 0 Å². The summed E-state index contributed by atoms with van der Waals surface area (Å²) in [6.45, 7) is 5.63. The first-order chi connectivity index (χ1) is 16.6. The maximum Gasteiger partial charge on any atom is 0.338 e. The minimum atomic E-state index is -0.586. The van der Waals surface area contributed by atoms with Crippen molar-refractivity contribution in [1.82, 2.24) is 0 Å². The molecule has 3 aromatic carbocycles. The summed E-state index contributed by atoms with van der Waals surface area (Å²) in [5.41, 5.74) is 1.50. The third-order valence-corrected chi connectivity index (χ3v) is 5.10. The highest BCUT2D eigenvalue weighted by Crippen LogP contribution is 2.25. The number of hydrogen-bond acceptors (Lipinski definition) is 7. The molecule has 178 valence electrons. The molecule has 0 bridgehead atoms. The van der Waals surface area contributed by atoms with Crippen LogP contribution in [0.4, 0.5) is 5.69 Å². The lowest BCUT2D eigenvalue weighted by molar-refractivity contribution is -0.384. The van der Waals surface area contributed by atoms with Crippen LogP contribution in [-0.4, -0.2) is 16.5 Å². The predicted molar refractivity (Wildman–Crippen MR) is 131 cm³/mol. The van der Waals surface area contributed by atoms with Crippen LogP contribution < -0.4 is 10.2 Å². The third kappa shape index (κ3) is 5.55. The number of non-ortho nitro benzene ring substituents is 1. The van der Waals surface area contributed by atoms with Gasteiger partial charge in [-0.3, -0.25) is 14.9 Å². The molecule has 0 unspecified atom stereocenters. The van der Waals surface area contributed by atoms with Crippen molar-refractivity contribution in [2.75, 3.05) is 0 Å². The lowest BCUT2D eigenvalue weighted by Gasteiger charge is -2.19. The average molecular weight is 473 g/mol. The first-order valence-electron chi connectivity index (χ1n) is 10.9. The van der Waals surface area contributed by atoms with Crippen molar-refractivity contribution in [1.29, 1.82) is 0 Å². The van der Waals surface area contributed by atoms with Crippen molar-refractivity contribution in [2.24, 2.45) is 0 Å². The van der Waals surface area contributed by atoms with Crippen LogP contribution in [0, 0.1) is 10.1 Å². The molecule has 0 atom stereocenters. The van der Waals surface area contributed by atoms with E-state index in [0.717, 1.165) is 5.56 Å². The van der Waals surface area contributed by atoms with Crippen molar-refractivity contribution in [3.8, 4) is 16.9 Å². The highest BCUT2D eigenvalue weighted by Gasteiger charge is 2.18. The number of benzene rings is 3. The maximum atomic E-state index is 13.0. The van der Waals surface area contributed by atoms with Gasteiger partial charge in [0.1, 0.15) is 29.8 Å². The molecule has 0 spiro atoms. The molecule has 1 aromatic heterocycles. The van der Waals surface area contributed by atoms with Crippen LogP contribution in [0.5, 0.6) is 5.75 Å². The Balaban J connectivity index is 1.51. The lowest BCUT2D eigenvalue weighted by atomic mass is 10.1. The van der Waals surface area contributed by atoms with Crippen molar-refractivity contribution < 1.29 is 23.6 Å². The molecule has 0 amide bonds. The Morgan fingerprint density at radius 1 is 1.03 bits per heavy atom. The van der Waals surface area contributed by atoms with E-state index in [0.29, 0.717) is 33.4 Å². The number of ether oxygens (including phenoxy) is 2. The molecular formula is C27H23NO7. The maximum absolute atomic E-state index is 13.0. The molecule has 0 radical (unpaired) electrons. The molecule has 0 aliphatic heterocycles. The fourth-order valence-corrected chi connectivity index (χ4v) is 3.45. The van der Waals surface area contributed by atoms with Crippen LogP contribution in [0.15, 0.2) is 82.2 Å². The standard InChI is InChI=1S/C27H23NO7/c1-27(2,3)35-26(30)19-6-4-5-17(13-19)15-33-21-11-12-22-24(14-21)34-16-23(25(22)29)18-7-9-20(10-8-18)28(31)32/h4-14,16H,15H2,1-3H3. The molecule has 8 heteroatoms. The second kappa shape index (κ2) is 9.42. The van der Waals surface area contributed by atoms with Gasteiger partial charge in [0.15, 0.2) is 5.43 Å². The fourth-order valence-electron chi connectivity index (χ4n) is 3.45. The molecule has 1 heterocycles. The summed E-state index contributed by atoms with van der Waals surface area (Å²) in [6, 6.07) is 17.6. The summed E-state index contributed by atoms with van der Waals surface area (Å²) in [6.07, 6.45) is 1.33. The molecule has 4 rings (SSSR count). The van der Waals surface area contributed by atoms with E-state index in [1.165, 1.54) is 30.5 Å². The normalized spacial score (nSPS) is 11.3. The van der Waals surface area contributed by atoms with Gasteiger partial charge in [-0.15, -0.1) is 0 Å². The van der Waals surface area contributed by atoms with Crippen molar-refractivity contribution >= 4 is 22.6 Å². The summed E-state index contributed by atoms with van der Waals surface area (Å²) in [5, 5.41) is 11.2. The Bertz CT molecular complexity index is 1460. The topological polar surface area (TPSA) is 109 Å². The summed E-state index contributed by atoms with van der Waals surface area (Å²) < 4.78 is 16.9. The number of nitro groups is 1. The van der Waals surface area contributed by atoms with E-state index in [1.54, 1.807) is 36.4 Å². The number of carbonyl (C=O) groups excluding carboxylic acids is 1. The number of fused-ring (bicyclic) bond motifs is 1. The Labute approximate surface area is 200 Å². The minimum Gasteiger partial charge on any atom is -0.489 e. The number of nitrogens with zero attached hydrogens (tertiary/aromatic N) is 1. The van der Waals surface area contributed by atoms with Crippen LogP contribution in [0.25, 0.3) is 22.1 Å². The van der Waals surface area contributed by atoms with Gasteiger partial charge in [-0.05, 0) is 68.3 Å². The van der Waals surface area contributed by atoms with E-state index in [-0.39, 0.29) is 17.7 Å². The van der Waals surface area contributed by atoms with Gasteiger partial charge in [0, 0.05) is 18.2 Å². The molecule has 4 aromatic rings. The van der Waals surface area contributed by atoms with Crippen molar-refractivity contribution in [2.45, 2.75) is 33.0 Å². The Hall–Kier alpha value is -4.46. The summed E-state index contributed by atoms with van der Waals surface area (Å²) in [4.78, 5) is 35.6. The highest BCUT2D eigenvalue weighted by molar-refractivity contribution is 5.89. The van der Waals surface area contributed by atoms with E-state index >= 15 is 0 Å². The summed E-state index contributed by atoms with van der Waals surface area (Å²) in [7, 11) is 0. The van der Waals surface area contributed by atoms with Crippen LogP contribution >= 0.6 is 0 Å². The molecule has 0 saturated carbocycles. The van der Waals surface area contributed by atoms with Gasteiger partial charge in [-0.1, -0.05) is 12.1 Å². The van der Waals surface area contributed by atoms with Crippen LogP contribution in [-0.2, 0) is 11.3 Å². The number of rotatable bonds is 6. The zero-order valence-corrected chi connectivity index (χ0v) is 19.4. The summed E-state index contributed by atoms with van der Waals surface area (Å²) in [5.74, 6) is 0.0852. The van der Waals surface area contributed by atoms with Gasteiger partial charge in [-0.25, -0.2) is 4.79 Å². The van der Waals surface area contributed by atoms with E-state index in [4.69, 9.17) is 13.9 Å². The first kappa shape index (κ1) is 23.7. The first-order valence-corrected chi connectivity index (χ1v) is 10.9. The molecule has 35 heavy (non-hydrogen) atoms. The van der Waals surface area contributed by atoms with E-state index in [1.807, 2.05) is 26.8 Å². The zero-order chi connectivity index (χ0) is 25.2. The quantitative estimate of drug-likeness (QED) is 0.195. The smallest absolute Gasteiger partial charge is 0.338 e. The van der Waals surface area contributed by atoms with Gasteiger partial charge in [-0.2, -0.15) is 0 Å². The number of nitro benzene ring substituents is 1. The van der Waals surface area contributed by atoms with Crippen LogP contribution in [0.1, 0.15) is 36.7 Å². The zero-order valence-electron chi connectivity index (χ0n) is 19.4. The Morgan fingerprint density at radius 2 is 1.77 bits per heavy atom. The Morgan fingerprint density at radius 3 is 2.46 bits per heavy atom. The largest absolute Gasteiger partial charge is 0.489 e. The second-order valence-corrected chi connectivity index (χ2v) is 8.93. The highest BCUT2D eigenvalue weighted by atomic mass is 16.6. The number of esters is 1. The van der Waals surface area contributed by atoms with Gasteiger partial charge < -0.3 is 13.9 Å². The SMILES string of the molecule is CC(C)(C)OC(=O)c1cccc(COc2ccc3c(=O)c(-c4ccc([N+](=O)[O-])cc4)coc3c2)c1. The molecule has 0 fully saturated rings. The van der Waals surface area contributed by atoms with Crippen molar-refractivity contribution in [3.63, 3.8) is 0 Å². The molecule has 0 aliphatic rings. The molecule has 0 N–H and O–H groups in total. The molecule has 8 nitrogen and oxygen atoms in total. The summed E-state index contributed by atoms with van der Waals surface area (Å²) >= 11 is 0.